The van der Waals surface area contributed by atoms with Crippen LogP contribution in [0.1, 0.15) is 17.4 Å². The van der Waals surface area contributed by atoms with Crippen molar-refractivity contribution in [3.8, 4) is 0 Å². The van der Waals surface area contributed by atoms with Crippen molar-refractivity contribution in [2.75, 3.05) is 5.32 Å². The van der Waals surface area contributed by atoms with Gasteiger partial charge in [0.25, 0.3) is 11.6 Å². The fourth-order valence-electron chi connectivity index (χ4n) is 1.71. The molecule has 20 heavy (non-hydrogen) atoms. The number of anilines is 1. The number of nitrogens with one attached hydrogen (secondary N) is 1. The molecule has 1 N–H and O–H groups in total. The van der Waals surface area contributed by atoms with Gasteiger partial charge >= 0.3 is 0 Å². The molecule has 2 rings (SSSR count). The van der Waals surface area contributed by atoms with Crippen molar-refractivity contribution < 1.29 is 9.72 Å². The average molecular weight is 339 g/mol. The van der Waals surface area contributed by atoms with E-state index in [4.69, 9.17) is 0 Å². The number of amides is 1. The number of nitro groups is 1. The standard InChI is InChI=1S/C12H11BrN4O3/c1-2-16-7-8(17(19)20)6-9(16)12(18)15-11-5-3-4-10(13)14-11/h3-7H,2H2,1H3,(H,14,15,18). The Morgan fingerprint density at radius 1 is 1.55 bits per heavy atom. The molecule has 0 fully saturated rings. The zero-order valence-corrected chi connectivity index (χ0v) is 12.1. The maximum atomic E-state index is 12.1. The van der Waals surface area contributed by atoms with Gasteiger partial charge in [0, 0.05) is 12.6 Å². The molecular formula is C12H11BrN4O3. The minimum atomic E-state index is -0.527. The molecule has 0 radical (unpaired) electrons. The molecule has 104 valence electrons. The van der Waals surface area contributed by atoms with Crippen molar-refractivity contribution >= 4 is 33.3 Å². The summed E-state index contributed by atoms with van der Waals surface area (Å²) in [6.45, 7) is 2.26. The molecule has 7 nitrogen and oxygen atoms in total. The van der Waals surface area contributed by atoms with Crippen LogP contribution >= 0.6 is 15.9 Å². The zero-order valence-electron chi connectivity index (χ0n) is 10.5. The Morgan fingerprint density at radius 2 is 2.30 bits per heavy atom. The molecule has 0 spiro atoms. The molecule has 0 aromatic carbocycles. The van der Waals surface area contributed by atoms with Crippen LogP contribution in [-0.2, 0) is 6.54 Å². The summed E-state index contributed by atoms with van der Waals surface area (Å²) in [5.74, 6) is -0.0681. The number of aryl methyl sites for hydroxylation is 1. The first-order valence-corrected chi connectivity index (χ1v) is 6.59. The summed E-state index contributed by atoms with van der Waals surface area (Å²) in [6.07, 6.45) is 1.34. The highest BCUT2D eigenvalue weighted by Crippen LogP contribution is 2.18. The van der Waals surface area contributed by atoms with Gasteiger partial charge in [-0.05, 0) is 35.0 Å². The third kappa shape index (κ3) is 3.02. The molecule has 2 heterocycles. The Balaban J connectivity index is 2.27. The van der Waals surface area contributed by atoms with E-state index >= 15 is 0 Å². The predicted molar refractivity (Wildman–Crippen MR) is 76.7 cm³/mol. The van der Waals surface area contributed by atoms with Gasteiger partial charge in [0.05, 0.1) is 11.1 Å². The Kier molecular flexibility index (Phi) is 4.14. The van der Waals surface area contributed by atoms with Crippen molar-refractivity contribution in [1.29, 1.82) is 0 Å². The van der Waals surface area contributed by atoms with Crippen LogP contribution in [-0.4, -0.2) is 20.4 Å². The van der Waals surface area contributed by atoms with Gasteiger partial charge in [0.15, 0.2) is 0 Å². The largest absolute Gasteiger partial charge is 0.337 e. The van der Waals surface area contributed by atoms with Crippen LogP contribution in [0.15, 0.2) is 35.1 Å². The molecule has 2 aromatic rings. The van der Waals surface area contributed by atoms with Gasteiger partial charge in [-0.2, -0.15) is 0 Å². The quantitative estimate of drug-likeness (QED) is 0.527. The van der Waals surface area contributed by atoms with E-state index in [9.17, 15) is 14.9 Å². The zero-order chi connectivity index (χ0) is 14.7. The number of rotatable bonds is 4. The number of pyridine rings is 1. The van der Waals surface area contributed by atoms with E-state index in [1.807, 2.05) is 0 Å². The number of carbonyl (C=O) groups is 1. The highest BCUT2D eigenvalue weighted by Gasteiger charge is 2.19. The maximum Gasteiger partial charge on any atom is 0.287 e. The van der Waals surface area contributed by atoms with Gasteiger partial charge < -0.3 is 9.88 Å². The summed E-state index contributed by atoms with van der Waals surface area (Å²) < 4.78 is 2.11. The van der Waals surface area contributed by atoms with Crippen LogP contribution in [0.5, 0.6) is 0 Å². The molecule has 1 amide bonds. The predicted octanol–water partition coefficient (Wildman–Crippen LogP) is 2.83. The summed E-state index contributed by atoms with van der Waals surface area (Å²) in [4.78, 5) is 26.4. The summed E-state index contributed by atoms with van der Waals surface area (Å²) >= 11 is 3.20. The van der Waals surface area contributed by atoms with E-state index in [0.29, 0.717) is 17.0 Å². The molecule has 8 heteroatoms. The molecule has 0 atom stereocenters. The van der Waals surface area contributed by atoms with E-state index in [1.165, 1.54) is 16.8 Å². The fraction of sp³-hybridized carbons (Fsp3) is 0.167. The van der Waals surface area contributed by atoms with Crippen LogP contribution in [0.3, 0.4) is 0 Å². The van der Waals surface area contributed by atoms with Crippen molar-refractivity contribution in [1.82, 2.24) is 9.55 Å². The number of aromatic nitrogens is 2. The number of carbonyl (C=O) groups excluding carboxylic acids is 1. The number of nitrogens with zero attached hydrogens (tertiary/aromatic N) is 3. The highest BCUT2D eigenvalue weighted by atomic mass is 79.9. The average Bonchev–Trinajstić information content (AvgIpc) is 2.83. The first-order valence-electron chi connectivity index (χ1n) is 5.79. The molecule has 0 saturated carbocycles. The van der Waals surface area contributed by atoms with E-state index < -0.39 is 10.8 Å². The highest BCUT2D eigenvalue weighted by molar-refractivity contribution is 9.10. The van der Waals surface area contributed by atoms with E-state index in [-0.39, 0.29) is 11.4 Å². The number of hydrogen-bond donors (Lipinski definition) is 1. The van der Waals surface area contributed by atoms with Crippen LogP contribution in [0, 0.1) is 10.1 Å². The molecule has 2 aromatic heterocycles. The van der Waals surface area contributed by atoms with Crippen LogP contribution in [0.4, 0.5) is 11.5 Å². The van der Waals surface area contributed by atoms with E-state index in [1.54, 1.807) is 25.1 Å². The molecule has 0 unspecified atom stereocenters. The Bertz CT molecular complexity index is 668. The van der Waals surface area contributed by atoms with Gasteiger partial charge in [-0.25, -0.2) is 4.98 Å². The second-order valence-electron chi connectivity index (χ2n) is 3.93. The Morgan fingerprint density at radius 3 is 2.90 bits per heavy atom. The van der Waals surface area contributed by atoms with Gasteiger partial charge in [-0.15, -0.1) is 0 Å². The molecule has 0 aliphatic rings. The minimum Gasteiger partial charge on any atom is -0.337 e. The fourth-order valence-corrected chi connectivity index (χ4v) is 2.05. The number of hydrogen-bond acceptors (Lipinski definition) is 4. The van der Waals surface area contributed by atoms with Crippen molar-refractivity contribution in [3.05, 3.63) is 50.9 Å². The smallest absolute Gasteiger partial charge is 0.287 e. The normalized spacial score (nSPS) is 10.3. The van der Waals surface area contributed by atoms with Gasteiger partial charge in [-0.1, -0.05) is 6.07 Å². The Labute approximate surface area is 122 Å². The second kappa shape index (κ2) is 5.83. The summed E-state index contributed by atoms with van der Waals surface area (Å²) in [5.41, 5.74) is 0.111. The summed E-state index contributed by atoms with van der Waals surface area (Å²) in [5, 5.41) is 13.4. The lowest BCUT2D eigenvalue weighted by Crippen LogP contribution is -2.17. The lowest BCUT2D eigenvalue weighted by molar-refractivity contribution is -0.384. The first-order chi connectivity index (χ1) is 9.51. The summed E-state index contributed by atoms with van der Waals surface area (Å²) in [7, 11) is 0. The molecule has 0 saturated heterocycles. The van der Waals surface area contributed by atoms with Crippen molar-refractivity contribution in [2.24, 2.45) is 0 Å². The van der Waals surface area contributed by atoms with Crippen LogP contribution < -0.4 is 5.32 Å². The molecule has 0 aliphatic carbocycles. The minimum absolute atomic E-state index is 0.112. The SMILES string of the molecule is CCn1cc([N+](=O)[O-])cc1C(=O)Nc1cccc(Br)n1. The van der Waals surface area contributed by atoms with Gasteiger partial charge in [0.1, 0.15) is 16.1 Å². The topological polar surface area (TPSA) is 90.1 Å². The Hall–Kier alpha value is -2.22. The van der Waals surface area contributed by atoms with Crippen molar-refractivity contribution in [2.45, 2.75) is 13.5 Å². The second-order valence-corrected chi connectivity index (χ2v) is 4.74. The summed E-state index contributed by atoms with van der Waals surface area (Å²) in [6, 6.07) is 6.34. The van der Waals surface area contributed by atoms with Crippen LogP contribution in [0.2, 0.25) is 0 Å². The maximum absolute atomic E-state index is 12.1. The third-order valence-electron chi connectivity index (χ3n) is 2.62. The van der Waals surface area contributed by atoms with Crippen molar-refractivity contribution in [3.63, 3.8) is 0 Å². The first kappa shape index (κ1) is 14.2. The van der Waals surface area contributed by atoms with Gasteiger partial charge in [0.2, 0.25) is 0 Å². The molecular weight excluding hydrogens is 328 g/mol. The monoisotopic (exact) mass is 338 g/mol. The molecule has 0 aliphatic heterocycles. The third-order valence-corrected chi connectivity index (χ3v) is 3.06. The van der Waals surface area contributed by atoms with Crippen LogP contribution in [0.25, 0.3) is 0 Å². The molecule has 0 bridgehead atoms. The van der Waals surface area contributed by atoms with E-state index in [0.717, 1.165) is 0 Å². The lowest BCUT2D eigenvalue weighted by Gasteiger charge is -2.06. The lowest BCUT2D eigenvalue weighted by atomic mass is 10.3. The number of halogens is 1. The van der Waals surface area contributed by atoms with Gasteiger partial charge in [-0.3, -0.25) is 14.9 Å². The van der Waals surface area contributed by atoms with E-state index in [2.05, 4.69) is 26.2 Å².